The number of hydrogen-bond acceptors (Lipinski definition) is 5. The first-order valence-corrected chi connectivity index (χ1v) is 4.19. The first-order chi connectivity index (χ1) is 6.59. The molecule has 1 aromatic rings. The van der Waals surface area contributed by atoms with Crippen LogP contribution in [0.1, 0.15) is 6.92 Å². The first kappa shape index (κ1) is 8.95. The number of hydrogen-bond donors (Lipinski definition) is 2. The van der Waals surface area contributed by atoms with Gasteiger partial charge >= 0.3 is 5.82 Å². The average Bonchev–Trinajstić information content (AvgIpc) is 2.50. The predicted molar refractivity (Wildman–Crippen MR) is 47.1 cm³/mol. The summed E-state index contributed by atoms with van der Waals surface area (Å²) in [5.41, 5.74) is -0.289. The SMILES string of the molecule is CC1(Oc2cc([N+](=O)[O-])[nH]n2)CNC1. The number of H-pyrrole nitrogens is 1. The maximum Gasteiger partial charge on any atom is 0.346 e. The quantitative estimate of drug-likeness (QED) is 0.529. The number of nitrogens with zero attached hydrogens (tertiary/aromatic N) is 2. The second kappa shape index (κ2) is 2.95. The van der Waals surface area contributed by atoms with Gasteiger partial charge in [-0.2, -0.15) is 0 Å². The largest absolute Gasteiger partial charge is 0.466 e. The van der Waals surface area contributed by atoms with Crippen LogP contribution in [-0.4, -0.2) is 33.8 Å². The van der Waals surface area contributed by atoms with E-state index in [2.05, 4.69) is 15.5 Å². The Morgan fingerprint density at radius 1 is 1.71 bits per heavy atom. The van der Waals surface area contributed by atoms with Crippen LogP contribution in [-0.2, 0) is 0 Å². The lowest BCUT2D eigenvalue weighted by Gasteiger charge is -2.38. The Bertz CT molecular complexity index is 358. The molecule has 2 N–H and O–H groups in total. The van der Waals surface area contributed by atoms with E-state index in [9.17, 15) is 10.1 Å². The number of ether oxygens (including phenoxy) is 1. The molecule has 0 saturated carbocycles. The topological polar surface area (TPSA) is 93.1 Å². The van der Waals surface area contributed by atoms with Crippen molar-refractivity contribution in [3.63, 3.8) is 0 Å². The van der Waals surface area contributed by atoms with Gasteiger partial charge in [0.2, 0.25) is 0 Å². The fourth-order valence-corrected chi connectivity index (χ4v) is 1.24. The molecule has 0 bridgehead atoms. The van der Waals surface area contributed by atoms with Crippen molar-refractivity contribution in [2.24, 2.45) is 0 Å². The Labute approximate surface area is 79.6 Å². The Morgan fingerprint density at radius 3 is 2.86 bits per heavy atom. The van der Waals surface area contributed by atoms with Gasteiger partial charge in [0.1, 0.15) is 5.60 Å². The van der Waals surface area contributed by atoms with E-state index in [1.165, 1.54) is 6.07 Å². The van der Waals surface area contributed by atoms with Crippen molar-refractivity contribution in [2.75, 3.05) is 13.1 Å². The minimum atomic E-state index is -0.540. The van der Waals surface area contributed by atoms with Gasteiger partial charge in [0.15, 0.2) is 0 Å². The molecule has 2 rings (SSSR count). The molecular formula is C7H10N4O3. The van der Waals surface area contributed by atoms with Gasteiger partial charge in [0, 0.05) is 13.1 Å². The van der Waals surface area contributed by atoms with Crippen molar-refractivity contribution in [2.45, 2.75) is 12.5 Å². The molecule has 1 aliphatic rings. The molecule has 1 aliphatic heterocycles. The second-order valence-electron chi connectivity index (χ2n) is 3.50. The van der Waals surface area contributed by atoms with Gasteiger partial charge in [0.05, 0.1) is 6.07 Å². The van der Waals surface area contributed by atoms with Gasteiger partial charge in [-0.15, -0.1) is 5.10 Å². The highest BCUT2D eigenvalue weighted by atomic mass is 16.6. The minimum absolute atomic E-state index is 0.157. The summed E-state index contributed by atoms with van der Waals surface area (Å²) in [5, 5.41) is 19.4. The Morgan fingerprint density at radius 2 is 2.43 bits per heavy atom. The maximum atomic E-state index is 10.3. The van der Waals surface area contributed by atoms with Crippen molar-refractivity contribution in [3.05, 3.63) is 16.2 Å². The number of rotatable bonds is 3. The van der Waals surface area contributed by atoms with E-state index in [-0.39, 0.29) is 17.3 Å². The molecule has 2 heterocycles. The molecule has 1 saturated heterocycles. The second-order valence-corrected chi connectivity index (χ2v) is 3.50. The summed E-state index contributed by atoms with van der Waals surface area (Å²) >= 11 is 0. The van der Waals surface area contributed by atoms with E-state index in [0.29, 0.717) is 0 Å². The van der Waals surface area contributed by atoms with Crippen molar-refractivity contribution < 1.29 is 9.66 Å². The molecule has 0 amide bonds. The summed E-state index contributed by atoms with van der Waals surface area (Å²) in [6.07, 6.45) is 0. The van der Waals surface area contributed by atoms with Crippen molar-refractivity contribution >= 4 is 5.82 Å². The summed E-state index contributed by atoms with van der Waals surface area (Å²) in [7, 11) is 0. The van der Waals surface area contributed by atoms with E-state index in [4.69, 9.17) is 4.74 Å². The third-order valence-electron chi connectivity index (χ3n) is 2.09. The predicted octanol–water partition coefficient (Wildman–Crippen LogP) is 0.0586. The molecule has 7 heteroatoms. The number of aromatic nitrogens is 2. The summed E-state index contributed by atoms with van der Waals surface area (Å²) in [6, 6.07) is 1.28. The fraction of sp³-hybridized carbons (Fsp3) is 0.571. The molecule has 0 aromatic carbocycles. The summed E-state index contributed by atoms with van der Waals surface area (Å²) in [6.45, 7) is 3.38. The zero-order chi connectivity index (χ0) is 10.2. The molecule has 0 atom stereocenters. The summed E-state index contributed by atoms with van der Waals surface area (Å²) in [5.74, 6) is 0.108. The Kier molecular flexibility index (Phi) is 1.88. The van der Waals surface area contributed by atoms with E-state index in [1.54, 1.807) is 0 Å². The fourth-order valence-electron chi connectivity index (χ4n) is 1.24. The lowest BCUT2D eigenvalue weighted by molar-refractivity contribution is -0.389. The van der Waals surface area contributed by atoms with E-state index < -0.39 is 4.92 Å². The van der Waals surface area contributed by atoms with E-state index in [0.717, 1.165) is 13.1 Å². The lowest BCUT2D eigenvalue weighted by Crippen LogP contribution is -2.61. The summed E-state index contributed by atoms with van der Waals surface area (Å²) in [4.78, 5) is 9.79. The van der Waals surface area contributed by atoms with Crippen LogP contribution in [0.15, 0.2) is 6.07 Å². The molecule has 76 valence electrons. The molecule has 7 nitrogen and oxygen atoms in total. The Balaban J connectivity index is 2.06. The zero-order valence-corrected chi connectivity index (χ0v) is 7.61. The molecular weight excluding hydrogens is 188 g/mol. The first-order valence-electron chi connectivity index (χ1n) is 4.19. The van der Waals surface area contributed by atoms with Gasteiger partial charge < -0.3 is 20.2 Å². The Hall–Kier alpha value is -1.63. The van der Waals surface area contributed by atoms with E-state index >= 15 is 0 Å². The lowest BCUT2D eigenvalue weighted by atomic mass is 10.0. The van der Waals surface area contributed by atoms with Crippen LogP contribution < -0.4 is 10.1 Å². The van der Waals surface area contributed by atoms with Crippen molar-refractivity contribution in [1.29, 1.82) is 0 Å². The molecule has 0 radical (unpaired) electrons. The standard InChI is InChI=1S/C7H10N4O3/c1-7(3-8-4-7)14-6-2-5(9-10-6)11(12)13/h2,8H,3-4H2,1H3,(H,9,10). The molecule has 0 spiro atoms. The molecule has 1 aromatic heterocycles. The normalized spacial score (nSPS) is 18.6. The monoisotopic (exact) mass is 198 g/mol. The molecule has 1 fully saturated rings. The number of nitro groups is 1. The van der Waals surface area contributed by atoms with Crippen LogP contribution in [0.5, 0.6) is 5.88 Å². The number of nitrogens with one attached hydrogen (secondary N) is 2. The van der Waals surface area contributed by atoms with Gasteiger partial charge in [0.25, 0.3) is 5.88 Å². The third-order valence-corrected chi connectivity index (χ3v) is 2.09. The van der Waals surface area contributed by atoms with Gasteiger partial charge in [-0.25, -0.2) is 0 Å². The zero-order valence-electron chi connectivity index (χ0n) is 7.61. The summed E-state index contributed by atoms with van der Waals surface area (Å²) < 4.78 is 5.46. The maximum absolute atomic E-state index is 10.3. The van der Waals surface area contributed by atoms with Crippen LogP contribution in [0.4, 0.5) is 5.82 Å². The van der Waals surface area contributed by atoms with Crippen LogP contribution >= 0.6 is 0 Å². The van der Waals surface area contributed by atoms with Crippen LogP contribution in [0.25, 0.3) is 0 Å². The molecule has 0 unspecified atom stereocenters. The van der Waals surface area contributed by atoms with Crippen molar-refractivity contribution in [3.8, 4) is 5.88 Å². The van der Waals surface area contributed by atoms with Crippen LogP contribution in [0.3, 0.4) is 0 Å². The van der Waals surface area contributed by atoms with E-state index in [1.807, 2.05) is 6.92 Å². The van der Waals surface area contributed by atoms with Crippen LogP contribution in [0.2, 0.25) is 0 Å². The average molecular weight is 198 g/mol. The smallest absolute Gasteiger partial charge is 0.346 e. The molecule has 0 aliphatic carbocycles. The van der Waals surface area contributed by atoms with Crippen molar-refractivity contribution in [1.82, 2.24) is 15.5 Å². The minimum Gasteiger partial charge on any atom is -0.466 e. The highest BCUT2D eigenvalue weighted by Gasteiger charge is 2.35. The van der Waals surface area contributed by atoms with Gasteiger partial charge in [-0.1, -0.05) is 0 Å². The van der Waals surface area contributed by atoms with Gasteiger partial charge in [-0.3, -0.25) is 0 Å². The van der Waals surface area contributed by atoms with Gasteiger partial charge in [-0.05, 0) is 16.9 Å². The highest BCUT2D eigenvalue weighted by Crippen LogP contribution is 2.22. The molecule has 14 heavy (non-hydrogen) atoms. The highest BCUT2D eigenvalue weighted by molar-refractivity contribution is 5.25. The number of aromatic amines is 1. The van der Waals surface area contributed by atoms with Crippen LogP contribution in [0, 0.1) is 10.1 Å². The third kappa shape index (κ3) is 1.53.